The quantitative estimate of drug-likeness (QED) is 0.839. The Bertz CT molecular complexity index is 863. The molecule has 1 unspecified atom stereocenters. The van der Waals surface area contributed by atoms with Crippen molar-refractivity contribution in [2.75, 3.05) is 29.1 Å². The Morgan fingerprint density at radius 1 is 1.22 bits per heavy atom. The van der Waals surface area contributed by atoms with E-state index in [1.54, 1.807) is 32.2 Å². The van der Waals surface area contributed by atoms with E-state index in [2.05, 4.69) is 20.6 Å². The summed E-state index contributed by atoms with van der Waals surface area (Å²) in [6, 6.07) is 7.14. The van der Waals surface area contributed by atoms with Crippen molar-refractivity contribution in [3.05, 3.63) is 35.7 Å². The molecule has 1 aliphatic heterocycles. The molecule has 0 aliphatic carbocycles. The molecule has 8 heteroatoms. The normalized spacial score (nSPS) is 15.8. The lowest BCUT2D eigenvalue weighted by Gasteiger charge is -2.30. The number of amides is 2. The summed E-state index contributed by atoms with van der Waals surface area (Å²) in [5, 5.41) is 5.89. The van der Waals surface area contributed by atoms with E-state index in [-0.39, 0.29) is 18.2 Å². The van der Waals surface area contributed by atoms with Crippen LogP contribution in [0.5, 0.6) is 5.75 Å². The lowest BCUT2D eigenvalue weighted by atomic mass is 10.2. The molecule has 1 atom stereocenters. The molecule has 2 amide bonds. The van der Waals surface area contributed by atoms with E-state index in [9.17, 15) is 9.59 Å². The predicted molar refractivity (Wildman–Crippen MR) is 103 cm³/mol. The first-order valence-electron chi connectivity index (χ1n) is 8.78. The largest absolute Gasteiger partial charge is 0.479 e. The number of carbonyl (C=O) groups is 2. The van der Waals surface area contributed by atoms with Crippen molar-refractivity contribution in [2.24, 2.45) is 0 Å². The van der Waals surface area contributed by atoms with Crippen molar-refractivity contribution in [1.29, 1.82) is 0 Å². The fraction of sp³-hybridized carbons (Fsp3) is 0.368. The fourth-order valence-corrected chi connectivity index (χ4v) is 2.91. The maximum Gasteiger partial charge on any atom is 0.267 e. The first kappa shape index (κ1) is 18.6. The third-order valence-corrected chi connectivity index (χ3v) is 4.20. The Hall–Kier alpha value is -3.16. The van der Waals surface area contributed by atoms with Crippen LogP contribution in [0.2, 0.25) is 0 Å². The third-order valence-electron chi connectivity index (χ3n) is 4.20. The summed E-state index contributed by atoms with van der Waals surface area (Å²) in [6.45, 7) is 5.92. The molecule has 2 N–H and O–H groups in total. The van der Waals surface area contributed by atoms with Crippen LogP contribution in [0.25, 0.3) is 0 Å². The van der Waals surface area contributed by atoms with Gasteiger partial charge in [-0.25, -0.2) is 9.97 Å². The van der Waals surface area contributed by atoms with Gasteiger partial charge in [0.25, 0.3) is 5.91 Å². The Labute approximate surface area is 158 Å². The molecular formula is C19H23N5O3. The molecule has 8 nitrogen and oxygen atoms in total. The number of fused-ring (bicyclic) bond motifs is 1. The topological polar surface area (TPSA) is 96.5 Å². The second-order valence-electron chi connectivity index (χ2n) is 6.54. The number of likely N-dealkylation sites (N-methyl/N-ethyl adjacent to an activating group) is 1. The Morgan fingerprint density at radius 2 is 1.93 bits per heavy atom. The van der Waals surface area contributed by atoms with Crippen LogP contribution in [0.3, 0.4) is 0 Å². The van der Waals surface area contributed by atoms with Crippen LogP contribution in [-0.2, 0) is 9.59 Å². The molecule has 0 saturated carbocycles. The first-order chi connectivity index (χ1) is 12.8. The maximum atomic E-state index is 12.2. The SMILES string of the molecule is Cc1cc(C)nc(NCCC(=O)Nc2ccc3c(c2)N(C)C(=O)C(C)O3)n1. The smallest absolute Gasteiger partial charge is 0.267 e. The lowest BCUT2D eigenvalue weighted by molar-refractivity contribution is -0.125. The summed E-state index contributed by atoms with van der Waals surface area (Å²) in [6.07, 6.45) is -0.253. The number of carbonyl (C=O) groups excluding carboxylic acids is 2. The minimum absolute atomic E-state index is 0.122. The molecule has 0 radical (unpaired) electrons. The summed E-state index contributed by atoms with van der Waals surface area (Å²) in [5.74, 6) is 0.867. The standard InChI is InChI=1S/C19H23N5O3/c1-11-9-12(2)22-19(21-11)20-8-7-17(25)23-14-5-6-16-15(10-14)24(4)18(26)13(3)27-16/h5-6,9-10,13H,7-8H2,1-4H3,(H,23,25)(H,20,21,22). The average molecular weight is 369 g/mol. The maximum absolute atomic E-state index is 12.2. The summed E-state index contributed by atoms with van der Waals surface area (Å²) in [7, 11) is 1.69. The molecule has 1 aliphatic rings. The number of rotatable bonds is 5. The number of aryl methyl sites for hydroxylation is 2. The molecule has 0 spiro atoms. The average Bonchev–Trinajstić information content (AvgIpc) is 2.59. The molecule has 2 heterocycles. The van der Waals surface area contributed by atoms with Gasteiger partial charge in [0.05, 0.1) is 5.69 Å². The number of ether oxygens (including phenoxy) is 1. The molecule has 3 rings (SSSR count). The van der Waals surface area contributed by atoms with E-state index in [0.29, 0.717) is 29.6 Å². The van der Waals surface area contributed by atoms with E-state index >= 15 is 0 Å². The number of anilines is 3. The lowest BCUT2D eigenvalue weighted by Crippen LogP contribution is -2.41. The number of hydrogen-bond donors (Lipinski definition) is 2. The zero-order valence-corrected chi connectivity index (χ0v) is 15.9. The zero-order chi connectivity index (χ0) is 19.6. The summed E-state index contributed by atoms with van der Waals surface area (Å²) >= 11 is 0. The zero-order valence-electron chi connectivity index (χ0n) is 15.9. The number of aromatic nitrogens is 2. The van der Waals surface area contributed by atoms with E-state index in [1.807, 2.05) is 19.9 Å². The van der Waals surface area contributed by atoms with Gasteiger partial charge in [-0.05, 0) is 45.0 Å². The predicted octanol–water partition coefficient (Wildman–Crippen LogP) is 2.28. The fourth-order valence-electron chi connectivity index (χ4n) is 2.91. The van der Waals surface area contributed by atoms with Gasteiger partial charge in [-0.1, -0.05) is 0 Å². The number of benzene rings is 1. The van der Waals surface area contributed by atoms with Gasteiger partial charge in [0.15, 0.2) is 6.10 Å². The van der Waals surface area contributed by atoms with E-state index in [1.165, 1.54) is 4.90 Å². The number of hydrogen-bond acceptors (Lipinski definition) is 6. The highest BCUT2D eigenvalue weighted by Gasteiger charge is 2.29. The van der Waals surface area contributed by atoms with E-state index in [4.69, 9.17) is 4.74 Å². The number of nitrogens with one attached hydrogen (secondary N) is 2. The Kier molecular flexibility index (Phi) is 5.25. The van der Waals surface area contributed by atoms with Gasteiger partial charge in [-0.3, -0.25) is 9.59 Å². The molecular weight excluding hydrogens is 346 g/mol. The third kappa shape index (κ3) is 4.33. The van der Waals surface area contributed by atoms with Gasteiger partial charge in [0.2, 0.25) is 11.9 Å². The highest BCUT2D eigenvalue weighted by atomic mass is 16.5. The monoisotopic (exact) mass is 369 g/mol. The minimum Gasteiger partial charge on any atom is -0.479 e. The minimum atomic E-state index is -0.513. The van der Waals surface area contributed by atoms with Crippen LogP contribution < -0.4 is 20.3 Å². The summed E-state index contributed by atoms with van der Waals surface area (Å²) < 4.78 is 5.58. The van der Waals surface area contributed by atoms with Crippen molar-refractivity contribution in [3.63, 3.8) is 0 Å². The molecule has 2 aromatic rings. The van der Waals surface area contributed by atoms with Crippen molar-refractivity contribution in [3.8, 4) is 5.75 Å². The first-order valence-corrected chi connectivity index (χ1v) is 8.78. The Balaban J connectivity index is 1.57. The van der Waals surface area contributed by atoms with Gasteiger partial charge < -0.3 is 20.3 Å². The molecule has 0 bridgehead atoms. The highest BCUT2D eigenvalue weighted by Crippen LogP contribution is 2.35. The number of nitrogens with zero attached hydrogens (tertiary/aromatic N) is 3. The van der Waals surface area contributed by atoms with Crippen molar-refractivity contribution >= 4 is 29.1 Å². The van der Waals surface area contributed by atoms with Crippen LogP contribution in [0.15, 0.2) is 24.3 Å². The van der Waals surface area contributed by atoms with Crippen LogP contribution in [-0.4, -0.2) is 41.5 Å². The van der Waals surface area contributed by atoms with Crippen LogP contribution >= 0.6 is 0 Å². The van der Waals surface area contributed by atoms with Gasteiger partial charge >= 0.3 is 0 Å². The molecule has 27 heavy (non-hydrogen) atoms. The second kappa shape index (κ2) is 7.61. The van der Waals surface area contributed by atoms with Gasteiger partial charge in [-0.15, -0.1) is 0 Å². The van der Waals surface area contributed by atoms with Crippen LogP contribution in [0.1, 0.15) is 24.7 Å². The molecule has 142 valence electrons. The van der Waals surface area contributed by atoms with E-state index < -0.39 is 6.10 Å². The highest BCUT2D eigenvalue weighted by molar-refractivity contribution is 6.00. The van der Waals surface area contributed by atoms with Gasteiger partial charge in [0, 0.05) is 37.1 Å². The summed E-state index contributed by atoms with van der Waals surface area (Å²) in [5.41, 5.74) is 2.99. The van der Waals surface area contributed by atoms with E-state index in [0.717, 1.165) is 11.4 Å². The molecule has 1 aromatic heterocycles. The van der Waals surface area contributed by atoms with Gasteiger partial charge in [0.1, 0.15) is 5.75 Å². The molecule has 0 fully saturated rings. The van der Waals surface area contributed by atoms with Gasteiger partial charge in [-0.2, -0.15) is 0 Å². The van der Waals surface area contributed by atoms with Crippen molar-refractivity contribution < 1.29 is 14.3 Å². The molecule has 0 saturated heterocycles. The van der Waals surface area contributed by atoms with Crippen molar-refractivity contribution in [2.45, 2.75) is 33.3 Å². The van der Waals surface area contributed by atoms with Crippen LogP contribution in [0.4, 0.5) is 17.3 Å². The second-order valence-corrected chi connectivity index (χ2v) is 6.54. The molecule has 1 aromatic carbocycles. The van der Waals surface area contributed by atoms with Crippen molar-refractivity contribution in [1.82, 2.24) is 9.97 Å². The summed E-state index contributed by atoms with van der Waals surface area (Å²) in [4.78, 5) is 34.3. The Morgan fingerprint density at radius 3 is 2.63 bits per heavy atom. The van der Waals surface area contributed by atoms with Crippen LogP contribution in [0, 0.1) is 13.8 Å².